The van der Waals surface area contributed by atoms with E-state index < -0.39 is 17.7 Å². The molecule has 0 radical (unpaired) electrons. The number of aryl methyl sites for hydroxylation is 1. The zero-order chi connectivity index (χ0) is 24.1. The average Bonchev–Trinajstić information content (AvgIpc) is 3.05. The summed E-state index contributed by atoms with van der Waals surface area (Å²) < 4.78 is 10.8. The van der Waals surface area contributed by atoms with Crippen LogP contribution in [0.2, 0.25) is 0 Å². The second-order valence-corrected chi connectivity index (χ2v) is 8.15. The fraction of sp³-hybridized carbons (Fsp3) is 0.308. The Labute approximate surface area is 194 Å². The highest BCUT2D eigenvalue weighted by Crippen LogP contribution is 2.40. The summed E-state index contributed by atoms with van der Waals surface area (Å²) >= 11 is 0. The van der Waals surface area contributed by atoms with E-state index in [0.717, 1.165) is 11.1 Å². The highest BCUT2D eigenvalue weighted by molar-refractivity contribution is 6.46. The first-order chi connectivity index (χ1) is 15.8. The van der Waals surface area contributed by atoms with E-state index in [2.05, 4.69) is 6.58 Å². The molecule has 33 heavy (non-hydrogen) atoms. The number of methoxy groups -OCH3 is 1. The zero-order valence-electron chi connectivity index (χ0n) is 19.5. The molecule has 1 amide bonds. The minimum absolute atomic E-state index is 0.0757. The van der Waals surface area contributed by atoms with Gasteiger partial charge in [-0.2, -0.15) is 0 Å². The van der Waals surface area contributed by atoms with Crippen LogP contribution >= 0.6 is 0 Å². The first kappa shape index (κ1) is 24.1. The van der Waals surface area contributed by atoms with Crippen LogP contribution in [0.4, 0.5) is 0 Å². The summed E-state index contributed by atoms with van der Waals surface area (Å²) in [7, 11) is 5.38. The summed E-state index contributed by atoms with van der Waals surface area (Å²) in [5, 5.41) is 11.3. The molecule has 1 saturated heterocycles. The molecule has 1 aliphatic rings. The Kier molecular flexibility index (Phi) is 7.55. The molecule has 3 rings (SSSR count). The topological polar surface area (TPSA) is 79.3 Å². The standard InChI is InChI=1S/C26H30N2O5/c1-6-15-33-20-11-12-21(17(2)16-20)24(29)22-23(18-7-9-19(32-5)10-8-18)28(14-13-27(3)4)26(31)25(22)30/h6-12,16,23,29H,1,13-15H2,2-5H3/b24-22-. The molecule has 0 aliphatic carbocycles. The number of hydrogen-bond acceptors (Lipinski definition) is 6. The number of hydrogen-bond donors (Lipinski definition) is 1. The number of likely N-dealkylation sites (N-methyl/N-ethyl adjacent to an activating group) is 1. The lowest BCUT2D eigenvalue weighted by molar-refractivity contribution is -0.140. The summed E-state index contributed by atoms with van der Waals surface area (Å²) in [5.74, 6) is -0.229. The number of amides is 1. The van der Waals surface area contributed by atoms with Gasteiger partial charge in [0.1, 0.15) is 23.9 Å². The number of Topliss-reactive ketones (excluding diaryl/α,β-unsaturated/α-hetero) is 1. The third-order valence-electron chi connectivity index (χ3n) is 5.58. The van der Waals surface area contributed by atoms with Crippen molar-refractivity contribution in [3.05, 3.63) is 77.4 Å². The van der Waals surface area contributed by atoms with Gasteiger partial charge < -0.3 is 24.4 Å². The highest BCUT2D eigenvalue weighted by Gasteiger charge is 2.46. The molecule has 2 aromatic rings. The van der Waals surface area contributed by atoms with E-state index in [1.807, 2.05) is 38.1 Å². The Morgan fingerprint density at radius 2 is 1.82 bits per heavy atom. The smallest absolute Gasteiger partial charge is 0.295 e. The quantitative estimate of drug-likeness (QED) is 0.272. The number of rotatable bonds is 9. The van der Waals surface area contributed by atoms with E-state index >= 15 is 0 Å². The van der Waals surface area contributed by atoms with Crippen LogP contribution in [0, 0.1) is 6.92 Å². The predicted molar refractivity (Wildman–Crippen MR) is 127 cm³/mol. The van der Waals surface area contributed by atoms with E-state index in [0.29, 0.717) is 36.8 Å². The third-order valence-corrected chi connectivity index (χ3v) is 5.58. The number of likely N-dealkylation sites (tertiary alicyclic amines) is 1. The molecule has 1 atom stereocenters. The summed E-state index contributed by atoms with van der Waals surface area (Å²) in [5.41, 5.74) is 2.00. The lowest BCUT2D eigenvalue weighted by atomic mass is 9.94. The maximum atomic E-state index is 13.1. The molecule has 174 valence electrons. The number of ether oxygens (including phenoxy) is 2. The van der Waals surface area contributed by atoms with Gasteiger partial charge in [0.2, 0.25) is 0 Å². The summed E-state index contributed by atoms with van der Waals surface area (Å²) in [6.45, 7) is 6.74. The molecule has 0 bridgehead atoms. The second-order valence-electron chi connectivity index (χ2n) is 8.15. The predicted octanol–water partition coefficient (Wildman–Crippen LogP) is 3.55. The Bertz CT molecular complexity index is 1070. The van der Waals surface area contributed by atoms with Gasteiger partial charge in [-0.25, -0.2) is 0 Å². The van der Waals surface area contributed by atoms with Gasteiger partial charge in [0.25, 0.3) is 11.7 Å². The zero-order valence-corrected chi connectivity index (χ0v) is 19.5. The van der Waals surface area contributed by atoms with Crippen LogP contribution in [0.1, 0.15) is 22.7 Å². The maximum absolute atomic E-state index is 13.1. The van der Waals surface area contributed by atoms with Gasteiger partial charge >= 0.3 is 0 Å². The largest absolute Gasteiger partial charge is 0.507 e. The van der Waals surface area contributed by atoms with Gasteiger partial charge in [-0.1, -0.05) is 24.8 Å². The average molecular weight is 451 g/mol. The van der Waals surface area contributed by atoms with Crippen LogP contribution < -0.4 is 9.47 Å². The maximum Gasteiger partial charge on any atom is 0.295 e. The minimum Gasteiger partial charge on any atom is -0.507 e. The molecule has 1 heterocycles. The number of ketones is 1. The Morgan fingerprint density at radius 3 is 2.39 bits per heavy atom. The van der Waals surface area contributed by atoms with Crippen molar-refractivity contribution in [3.8, 4) is 11.5 Å². The van der Waals surface area contributed by atoms with Crippen molar-refractivity contribution in [1.29, 1.82) is 0 Å². The van der Waals surface area contributed by atoms with E-state index in [4.69, 9.17) is 9.47 Å². The molecule has 1 aliphatic heterocycles. The van der Waals surface area contributed by atoms with Crippen molar-refractivity contribution in [2.24, 2.45) is 0 Å². The molecular formula is C26H30N2O5. The number of benzene rings is 2. The van der Waals surface area contributed by atoms with Gasteiger partial charge in [0, 0.05) is 18.7 Å². The molecule has 7 heteroatoms. The lowest BCUT2D eigenvalue weighted by Gasteiger charge is -2.26. The molecular weight excluding hydrogens is 420 g/mol. The second kappa shape index (κ2) is 10.4. The normalized spacial score (nSPS) is 17.5. The third kappa shape index (κ3) is 5.09. The van der Waals surface area contributed by atoms with Gasteiger partial charge in [0.05, 0.1) is 18.7 Å². The van der Waals surface area contributed by atoms with Crippen molar-refractivity contribution in [2.75, 3.05) is 40.9 Å². The van der Waals surface area contributed by atoms with Crippen LogP contribution in [0.15, 0.2) is 60.7 Å². The molecule has 2 aromatic carbocycles. The van der Waals surface area contributed by atoms with Gasteiger partial charge in [-0.3, -0.25) is 9.59 Å². The fourth-order valence-corrected chi connectivity index (χ4v) is 3.84. The van der Waals surface area contributed by atoms with Crippen LogP contribution in [0.3, 0.4) is 0 Å². The van der Waals surface area contributed by atoms with E-state index in [1.54, 1.807) is 43.5 Å². The number of nitrogens with zero attached hydrogens (tertiary/aromatic N) is 2. The van der Waals surface area contributed by atoms with Crippen LogP contribution in [0.5, 0.6) is 11.5 Å². The molecule has 1 fully saturated rings. The van der Waals surface area contributed by atoms with Gasteiger partial charge in [-0.15, -0.1) is 0 Å². The molecule has 1 N–H and O–H groups in total. The Morgan fingerprint density at radius 1 is 1.15 bits per heavy atom. The molecule has 0 saturated carbocycles. The summed E-state index contributed by atoms with van der Waals surface area (Å²) in [6, 6.07) is 11.7. The first-order valence-corrected chi connectivity index (χ1v) is 10.7. The van der Waals surface area contributed by atoms with Crippen molar-refractivity contribution < 1.29 is 24.2 Å². The van der Waals surface area contributed by atoms with E-state index in [-0.39, 0.29) is 11.3 Å². The number of carbonyl (C=O) groups excluding carboxylic acids is 2. The number of aliphatic hydroxyl groups is 1. The fourth-order valence-electron chi connectivity index (χ4n) is 3.84. The van der Waals surface area contributed by atoms with Crippen molar-refractivity contribution in [1.82, 2.24) is 9.80 Å². The Balaban J connectivity index is 2.11. The van der Waals surface area contributed by atoms with Crippen LogP contribution in [-0.4, -0.2) is 67.5 Å². The van der Waals surface area contributed by atoms with Crippen molar-refractivity contribution in [3.63, 3.8) is 0 Å². The highest BCUT2D eigenvalue weighted by atomic mass is 16.5. The van der Waals surface area contributed by atoms with Gasteiger partial charge in [0.15, 0.2) is 0 Å². The summed E-state index contributed by atoms with van der Waals surface area (Å²) in [6.07, 6.45) is 1.65. The lowest BCUT2D eigenvalue weighted by Crippen LogP contribution is -2.35. The van der Waals surface area contributed by atoms with Gasteiger partial charge in [-0.05, 0) is 62.5 Å². The minimum atomic E-state index is -0.702. The molecule has 7 nitrogen and oxygen atoms in total. The molecule has 0 aromatic heterocycles. The van der Waals surface area contributed by atoms with Crippen LogP contribution in [0.25, 0.3) is 5.76 Å². The SMILES string of the molecule is C=CCOc1ccc(/C(O)=C2/C(=O)C(=O)N(CCN(C)C)C2c2ccc(OC)cc2)c(C)c1. The van der Waals surface area contributed by atoms with E-state index in [1.165, 1.54) is 4.90 Å². The van der Waals surface area contributed by atoms with Crippen molar-refractivity contribution in [2.45, 2.75) is 13.0 Å². The van der Waals surface area contributed by atoms with Crippen molar-refractivity contribution >= 4 is 17.4 Å². The Hall–Kier alpha value is -3.58. The summed E-state index contributed by atoms with van der Waals surface area (Å²) in [4.78, 5) is 29.6. The monoisotopic (exact) mass is 450 g/mol. The first-order valence-electron chi connectivity index (χ1n) is 10.7. The number of carbonyl (C=O) groups is 2. The molecule has 0 spiro atoms. The van der Waals surface area contributed by atoms with E-state index in [9.17, 15) is 14.7 Å². The number of aliphatic hydroxyl groups excluding tert-OH is 1. The van der Waals surface area contributed by atoms with Crippen LogP contribution in [-0.2, 0) is 9.59 Å². The molecule has 1 unspecified atom stereocenters.